The first-order chi connectivity index (χ1) is 14.5. The summed E-state index contributed by atoms with van der Waals surface area (Å²) >= 11 is 1.24. The first-order valence-corrected chi connectivity index (χ1v) is 10.0. The number of hydrogen-bond acceptors (Lipinski definition) is 7. The fourth-order valence-electron chi connectivity index (χ4n) is 2.65. The summed E-state index contributed by atoms with van der Waals surface area (Å²) in [5.74, 6) is 0.808. The molecule has 0 spiro atoms. The van der Waals surface area contributed by atoms with E-state index in [4.69, 9.17) is 9.47 Å². The predicted octanol–water partition coefficient (Wildman–Crippen LogP) is 2.91. The molecule has 0 aliphatic rings. The molecule has 9 heteroatoms. The maximum absolute atomic E-state index is 12.4. The molecule has 8 nitrogen and oxygen atoms in total. The van der Waals surface area contributed by atoms with Crippen molar-refractivity contribution in [2.45, 2.75) is 19.4 Å². The summed E-state index contributed by atoms with van der Waals surface area (Å²) in [6.45, 7) is 1.62. The Kier molecular flexibility index (Phi) is 6.97. The van der Waals surface area contributed by atoms with Gasteiger partial charge < -0.3 is 14.8 Å². The third-order valence-electron chi connectivity index (χ3n) is 4.27. The maximum atomic E-state index is 12.4. The zero-order valence-electron chi connectivity index (χ0n) is 16.8. The van der Waals surface area contributed by atoms with E-state index in [1.54, 1.807) is 33.3 Å². The Hall–Kier alpha value is -3.46. The minimum Gasteiger partial charge on any atom is -0.497 e. The van der Waals surface area contributed by atoms with Gasteiger partial charge >= 0.3 is 0 Å². The minimum absolute atomic E-state index is 0.167. The van der Waals surface area contributed by atoms with Crippen LogP contribution in [-0.4, -0.2) is 42.3 Å². The molecule has 0 aliphatic carbocycles. The van der Waals surface area contributed by atoms with E-state index in [-0.39, 0.29) is 18.2 Å². The molecule has 2 aromatic carbocycles. The maximum Gasteiger partial charge on any atom is 0.248 e. The largest absolute Gasteiger partial charge is 0.497 e. The van der Waals surface area contributed by atoms with Crippen LogP contribution in [0, 0.1) is 0 Å². The van der Waals surface area contributed by atoms with Crippen molar-refractivity contribution in [3.63, 3.8) is 0 Å². The summed E-state index contributed by atoms with van der Waals surface area (Å²) in [7, 11) is 3.18. The normalized spacial score (nSPS) is 11.4. The van der Waals surface area contributed by atoms with Crippen molar-refractivity contribution >= 4 is 28.3 Å². The van der Waals surface area contributed by atoms with E-state index in [1.807, 2.05) is 36.4 Å². The SMILES string of the molecule is COc1ccc(CC(=O)NC(C)C(=O)Nc2nnc(-c3cccc(OC)c3)s2)cc1. The lowest BCUT2D eigenvalue weighted by atomic mass is 10.1. The van der Waals surface area contributed by atoms with Crippen molar-refractivity contribution in [1.82, 2.24) is 15.5 Å². The fraction of sp³-hybridized carbons (Fsp3) is 0.238. The van der Waals surface area contributed by atoms with Crippen LogP contribution < -0.4 is 20.1 Å². The Morgan fingerprint density at radius 2 is 1.77 bits per heavy atom. The number of rotatable bonds is 8. The van der Waals surface area contributed by atoms with Gasteiger partial charge in [-0.3, -0.25) is 14.9 Å². The summed E-state index contributed by atoms with van der Waals surface area (Å²) in [4.78, 5) is 24.6. The van der Waals surface area contributed by atoms with E-state index in [2.05, 4.69) is 20.8 Å². The Morgan fingerprint density at radius 1 is 1.03 bits per heavy atom. The number of amides is 2. The monoisotopic (exact) mass is 426 g/mol. The molecule has 156 valence electrons. The van der Waals surface area contributed by atoms with E-state index in [9.17, 15) is 9.59 Å². The zero-order chi connectivity index (χ0) is 21.5. The molecule has 2 amide bonds. The van der Waals surface area contributed by atoms with E-state index >= 15 is 0 Å². The van der Waals surface area contributed by atoms with Gasteiger partial charge in [-0.15, -0.1) is 10.2 Å². The summed E-state index contributed by atoms with van der Waals surface area (Å²) in [6.07, 6.45) is 0.167. The van der Waals surface area contributed by atoms with Crippen LogP contribution in [0.25, 0.3) is 10.6 Å². The molecule has 2 N–H and O–H groups in total. The first-order valence-electron chi connectivity index (χ1n) is 9.19. The van der Waals surface area contributed by atoms with Gasteiger partial charge in [-0.25, -0.2) is 0 Å². The van der Waals surface area contributed by atoms with Crippen molar-refractivity contribution in [1.29, 1.82) is 0 Å². The van der Waals surface area contributed by atoms with Gasteiger partial charge in [-0.05, 0) is 36.8 Å². The third-order valence-corrected chi connectivity index (χ3v) is 5.15. The number of carbonyl (C=O) groups excluding carboxylic acids is 2. The van der Waals surface area contributed by atoms with E-state index in [0.717, 1.165) is 16.9 Å². The molecule has 0 radical (unpaired) electrons. The predicted molar refractivity (Wildman–Crippen MR) is 115 cm³/mol. The third kappa shape index (κ3) is 5.54. The topological polar surface area (TPSA) is 102 Å². The standard InChI is InChI=1S/C21H22N4O4S/c1-13(22-18(26)11-14-7-9-16(28-2)10-8-14)19(27)23-21-25-24-20(30-21)15-5-4-6-17(12-15)29-3/h4-10,12-13H,11H2,1-3H3,(H,22,26)(H,23,25,27). The van der Waals surface area contributed by atoms with Gasteiger partial charge in [0.25, 0.3) is 0 Å². The highest BCUT2D eigenvalue weighted by Gasteiger charge is 2.18. The molecule has 1 heterocycles. The van der Waals surface area contributed by atoms with Crippen molar-refractivity contribution in [2.75, 3.05) is 19.5 Å². The van der Waals surface area contributed by atoms with Gasteiger partial charge in [0.1, 0.15) is 22.5 Å². The van der Waals surface area contributed by atoms with Gasteiger partial charge in [-0.2, -0.15) is 0 Å². The van der Waals surface area contributed by atoms with Crippen LogP contribution in [0.15, 0.2) is 48.5 Å². The lowest BCUT2D eigenvalue weighted by Crippen LogP contribution is -2.42. The van der Waals surface area contributed by atoms with Gasteiger partial charge in [0, 0.05) is 5.56 Å². The Morgan fingerprint density at radius 3 is 2.47 bits per heavy atom. The molecule has 0 saturated heterocycles. The molecule has 0 aliphatic heterocycles. The fourth-order valence-corrected chi connectivity index (χ4v) is 3.39. The van der Waals surface area contributed by atoms with Crippen molar-refractivity contribution in [3.8, 4) is 22.1 Å². The average molecular weight is 426 g/mol. The smallest absolute Gasteiger partial charge is 0.248 e. The second-order valence-corrected chi connectivity index (χ2v) is 7.43. The number of nitrogens with one attached hydrogen (secondary N) is 2. The van der Waals surface area contributed by atoms with Crippen molar-refractivity contribution in [2.24, 2.45) is 0 Å². The highest BCUT2D eigenvalue weighted by atomic mass is 32.1. The van der Waals surface area contributed by atoms with Crippen LogP contribution in [0.4, 0.5) is 5.13 Å². The molecule has 1 aromatic heterocycles. The van der Waals surface area contributed by atoms with Gasteiger partial charge in [0.15, 0.2) is 0 Å². The molecule has 30 heavy (non-hydrogen) atoms. The molecule has 3 rings (SSSR count). The van der Waals surface area contributed by atoms with Gasteiger partial charge in [0.05, 0.1) is 20.6 Å². The van der Waals surface area contributed by atoms with E-state index in [0.29, 0.717) is 15.9 Å². The highest BCUT2D eigenvalue weighted by molar-refractivity contribution is 7.18. The molecule has 0 saturated carbocycles. The number of methoxy groups -OCH3 is 2. The lowest BCUT2D eigenvalue weighted by molar-refractivity contribution is -0.125. The quantitative estimate of drug-likeness (QED) is 0.574. The molecule has 0 bridgehead atoms. The highest BCUT2D eigenvalue weighted by Crippen LogP contribution is 2.28. The Labute approximate surface area is 178 Å². The number of aromatic nitrogens is 2. The van der Waals surface area contributed by atoms with Crippen molar-refractivity contribution in [3.05, 3.63) is 54.1 Å². The second kappa shape index (κ2) is 9.84. The molecule has 1 unspecified atom stereocenters. The van der Waals surface area contributed by atoms with Crippen molar-refractivity contribution < 1.29 is 19.1 Å². The Balaban J connectivity index is 1.54. The number of carbonyl (C=O) groups is 2. The summed E-state index contributed by atoms with van der Waals surface area (Å²) in [5.41, 5.74) is 1.67. The molecule has 1 atom stereocenters. The van der Waals surface area contributed by atoms with Gasteiger partial charge in [0.2, 0.25) is 16.9 Å². The second-order valence-electron chi connectivity index (χ2n) is 6.45. The van der Waals surface area contributed by atoms with Crippen LogP contribution in [0.2, 0.25) is 0 Å². The number of hydrogen-bond donors (Lipinski definition) is 2. The molecular weight excluding hydrogens is 404 g/mol. The van der Waals surface area contributed by atoms with E-state index in [1.165, 1.54) is 11.3 Å². The van der Waals surface area contributed by atoms with Crippen LogP contribution in [-0.2, 0) is 16.0 Å². The average Bonchev–Trinajstić information content (AvgIpc) is 3.22. The Bertz CT molecular complexity index is 1020. The van der Waals surface area contributed by atoms with Crippen LogP contribution in [0.5, 0.6) is 11.5 Å². The van der Waals surface area contributed by atoms with Crippen LogP contribution in [0.1, 0.15) is 12.5 Å². The number of ether oxygens (including phenoxy) is 2. The molecule has 0 fully saturated rings. The van der Waals surface area contributed by atoms with E-state index < -0.39 is 6.04 Å². The molecule has 3 aromatic rings. The van der Waals surface area contributed by atoms with Gasteiger partial charge in [-0.1, -0.05) is 35.6 Å². The summed E-state index contributed by atoms with van der Waals surface area (Å²) in [5, 5.41) is 14.5. The van der Waals surface area contributed by atoms with Crippen LogP contribution >= 0.6 is 11.3 Å². The summed E-state index contributed by atoms with van der Waals surface area (Å²) in [6, 6.07) is 13.9. The zero-order valence-corrected chi connectivity index (χ0v) is 17.7. The van der Waals surface area contributed by atoms with Crippen LogP contribution in [0.3, 0.4) is 0 Å². The number of anilines is 1. The summed E-state index contributed by atoms with van der Waals surface area (Å²) < 4.78 is 10.3. The lowest BCUT2D eigenvalue weighted by Gasteiger charge is -2.13. The minimum atomic E-state index is -0.722. The number of benzene rings is 2. The first kappa shape index (κ1) is 21.3. The molecular formula is C21H22N4O4S. The number of nitrogens with zero attached hydrogens (tertiary/aromatic N) is 2.